The van der Waals surface area contributed by atoms with Crippen LogP contribution >= 0.6 is 0 Å². The van der Waals surface area contributed by atoms with E-state index in [1.807, 2.05) is 7.05 Å². The second-order valence-electron chi connectivity index (χ2n) is 5.82. The topological polar surface area (TPSA) is 21.3 Å². The molecule has 2 heteroatoms. The highest BCUT2D eigenvalue weighted by Crippen LogP contribution is 2.36. The zero-order chi connectivity index (χ0) is 13.2. The Balaban J connectivity index is 2.42. The van der Waals surface area contributed by atoms with Crippen molar-refractivity contribution in [2.24, 2.45) is 0 Å². The molecule has 1 aromatic rings. The summed E-state index contributed by atoms with van der Waals surface area (Å²) >= 11 is 0. The third kappa shape index (κ3) is 2.54. The Morgan fingerprint density at radius 2 is 2.17 bits per heavy atom. The van der Waals surface area contributed by atoms with Gasteiger partial charge in [-0.1, -0.05) is 26.8 Å². The number of nitrogens with one attached hydrogen (secondary N) is 1. The highest BCUT2D eigenvalue weighted by molar-refractivity contribution is 5.42. The summed E-state index contributed by atoms with van der Waals surface area (Å²) in [6.07, 6.45) is 3.42. The summed E-state index contributed by atoms with van der Waals surface area (Å²) < 4.78 is 5.84. The Bertz CT molecular complexity index is 412. The molecule has 0 radical (unpaired) electrons. The van der Waals surface area contributed by atoms with Gasteiger partial charge in [0.25, 0.3) is 0 Å². The lowest BCUT2D eigenvalue weighted by Gasteiger charge is -2.26. The largest absolute Gasteiger partial charge is 0.493 e. The van der Waals surface area contributed by atoms with E-state index in [0.29, 0.717) is 6.04 Å². The van der Waals surface area contributed by atoms with Crippen LogP contribution in [0.1, 0.15) is 57.2 Å². The maximum Gasteiger partial charge on any atom is 0.124 e. The molecule has 0 amide bonds. The second-order valence-corrected chi connectivity index (χ2v) is 5.82. The van der Waals surface area contributed by atoms with E-state index in [0.717, 1.165) is 31.6 Å². The molecule has 0 spiro atoms. The zero-order valence-corrected chi connectivity index (χ0v) is 12.0. The van der Waals surface area contributed by atoms with Crippen molar-refractivity contribution in [1.82, 2.24) is 5.32 Å². The van der Waals surface area contributed by atoms with Crippen LogP contribution in [-0.2, 0) is 5.41 Å². The van der Waals surface area contributed by atoms with E-state index in [1.54, 1.807) is 0 Å². The van der Waals surface area contributed by atoms with E-state index in [9.17, 15) is 0 Å². The predicted molar refractivity (Wildman–Crippen MR) is 76.3 cm³/mol. The smallest absolute Gasteiger partial charge is 0.124 e. The van der Waals surface area contributed by atoms with Crippen LogP contribution < -0.4 is 10.1 Å². The van der Waals surface area contributed by atoms with Crippen molar-refractivity contribution in [1.29, 1.82) is 0 Å². The molecule has 100 valence electrons. The van der Waals surface area contributed by atoms with Crippen LogP contribution in [0.25, 0.3) is 0 Å². The molecule has 1 aliphatic rings. The van der Waals surface area contributed by atoms with Crippen molar-refractivity contribution >= 4 is 0 Å². The molecule has 1 atom stereocenters. The van der Waals surface area contributed by atoms with Gasteiger partial charge in [0.15, 0.2) is 0 Å². The van der Waals surface area contributed by atoms with E-state index in [-0.39, 0.29) is 5.41 Å². The van der Waals surface area contributed by atoms with Gasteiger partial charge in [-0.25, -0.2) is 0 Å². The molecule has 2 rings (SSSR count). The average Bonchev–Trinajstić information content (AvgIpc) is 2.59. The van der Waals surface area contributed by atoms with Crippen LogP contribution in [0.5, 0.6) is 5.75 Å². The van der Waals surface area contributed by atoms with Crippen molar-refractivity contribution < 1.29 is 4.74 Å². The van der Waals surface area contributed by atoms with Gasteiger partial charge >= 0.3 is 0 Å². The molecule has 1 unspecified atom stereocenters. The Morgan fingerprint density at radius 3 is 2.83 bits per heavy atom. The fraction of sp³-hybridized carbons (Fsp3) is 0.625. The Kier molecular flexibility index (Phi) is 3.96. The first-order valence-corrected chi connectivity index (χ1v) is 7.03. The van der Waals surface area contributed by atoms with Gasteiger partial charge in [-0.15, -0.1) is 0 Å². The zero-order valence-electron chi connectivity index (χ0n) is 12.0. The summed E-state index contributed by atoms with van der Waals surface area (Å²) in [6, 6.07) is 7.14. The Labute approximate surface area is 111 Å². The minimum absolute atomic E-state index is 0.236. The van der Waals surface area contributed by atoms with Crippen LogP contribution in [0, 0.1) is 0 Å². The summed E-state index contributed by atoms with van der Waals surface area (Å²) in [5.41, 5.74) is 2.98. The predicted octanol–water partition coefficient (Wildman–Crippen LogP) is 3.81. The number of benzene rings is 1. The number of hydrogen-bond acceptors (Lipinski definition) is 2. The maximum atomic E-state index is 5.84. The van der Waals surface area contributed by atoms with Crippen molar-refractivity contribution in [3.05, 3.63) is 29.3 Å². The summed E-state index contributed by atoms with van der Waals surface area (Å²) in [6.45, 7) is 7.70. The van der Waals surface area contributed by atoms with Gasteiger partial charge < -0.3 is 10.1 Å². The molecule has 1 N–H and O–H groups in total. The minimum Gasteiger partial charge on any atom is -0.493 e. The SMILES string of the molecule is CCC(C)(C)c1ccc2c(c1)C(NC)CCCO2. The Hall–Kier alpha value is -1.02. The molecular formula is C16H25NO. The quantitative estimate of drug-likeness (QED) is 0.877. The van der Waals surface area contributed by atoms with Crippen LogP contribution in [-0.4, -0.2) is 13.7 Å². The standard InChI is InChI=1S/C16H25NO/c1-5-16(2,3)12-8-9-15-13(11-12)14(17-4)7-6-10-18-15/h8-9,11,14,17H,5-7,10H2,1-4H3. The number of hydrogen-bond donors (Lipinski definition) is 1. The molecule has 0 aliphatic carbocycles. The second kappa shape index (κ2) is 5.31. The molecule has 1 aliphatic heterocycles. The van der Waals surface area contributed by atoms with Crippen LogP contribution in [0.2, 0.25) is 0 Å². The summed E-state index contributed by atoms with van der Waals surface area (Å²) in [5.74, 6) is 1.06. The van der Waals surface area contributed by atoms with Gasteiger partial charge in [0.05, 0.1) is 6.61 Å². The van der Waals surface area contributed by atoms with E-state index >= 15 is 0 Å². The van der Waals surface area contributed by atoms with Crippen LogP contribution in [0.15, 0.2) is 18.2 Å². The van der Waals surface area contributed by atoms with Crippen molar-refractivity contribution in [2.45, 2.75) is 51.5 Å². The average molecular weight is 247 g/mol. The first-order chi connectivity index (χ1) is 8.58. The normalized spacial score (nSPS) is 19.9. The lowest BCUT2D eigenvalue weighted by Crippen LogP contribution is -2.19. The number of fused-ring (bicyclic) bond motifs is 1. The van der Waals surface area contributed by atoms with Gasteiger partial charge in [0, 0.05) is 11.6 Å². The van der Waals surface area contributed by atoms with Gasteiger partial charge in [-0.05, 0) is 49.4 Å². The molecule has 1 aromatic carbocycles. The maximum absolute atomic E-state index is 5.84. The molecule has 0 saturated carbocycles. The van der Waals surface area contributed by atoms with Crippen molar-refractivity contribution in [3.8, 4) is 5.75 Å². The lowest BCUT2D eigenvalue weighted by atomic mass is 9.81. The molecule has 18 heavy (non-hydrogen) atoms. The van der Waals surface area contributed by atoms with Crippen molar-refractivity contribution in [2.75, 3.05) is 13.7 Å². The van der Waals surface area contributed by atoms with Gasteiger partial charge in [0.1, 0.15) is 5.75 Å². The highest BCUT2D eigenvalue weighted by Gasteiger charge is 2.23. The third-order valence-corrected chi connectivity index (χ3v) is 4.29. The van der Waals surface area contributed by atoms with E-state index < -0.39 is 0 Å². The van der Waals surface area contributed by atoms with E-state index in [2.05, 4.69) is 44.3 Å². The Morgan fingerprint density at radius 1 is 1.39 bits per heavy atom. The third-order valence-electron chi connectivity index (χ3n) is 4.29. The van der Waals surface area contributed by atoms with Crippen molar-refractivity contribution in [3.63, 3.8) is 0 Å². The van der Waals surface area contributed by atoms with Gasteiger partial charge in [-0.2, -0.15) is 0 Å². The molecule has 0 fully saturated rings. The molecule has 0 saturated heterocycles. The molecule has 2 nitrogen and oxygen atoms in total. The summed E-state index contributed by atoms with van der Waals surface area (Å²) in [7, 11) is 2.04. The number of ether oxygens (including phenoxy) is 1. The fourth-order valence-corrected chi connectivity index (χ4v) is 2.50. The lowest BCUT2D eigenvalue weighted by molar-refractivity contribution is 0.315. The van der Waals surface area contributed by atoms with E-state index in [1.165, 1.54) is 11.1 Å². The van der Waals surface area contributed by atoms with Crippen LogP contribution in [0.3, 0.4) is 0 Å². The molecule has 0 bridgehead atoms. The van der Waals surface area contributed by atoms with Gasteiger partial charge in [0.2, 0.25) is 0 Å². The fourth-order valence-electron chi connectivity index (χ4n) is 2.50. The van der Waals surface area contributed by atoms with E-state index in [4.69, 9.17) is 4.74 Å². The minimum atomic E-state index is 0.236. The first-order valence-electron chi connectivity index (χ1n) is 7.03. The first kappa shape index (κ1) is 13.4. The summed E-state index contributed by atoms with van der Waals surface area (Å²) in [4.78, 5) is 0. The summed E-state index contributed by atoms with van der Waals surface area (Å²) in [5, 5.41) is 3.42. The monoisotopic (exact) mass is 247 g/mol. The molecule has 1 heterocycles. The number of rotatable bonds is 3. The molecule has 0 aromatic heterocycles. The van der Waals surface area contributed by atoms with Crippen LogP contribution in [0.4, 0.5) is 0 Å². The highest BCUT2D eigenvalue weighted by atomic mass is 16.5. The molecular weight excluding hydrogens is 222 g/mol. The van der Waals surface area contributed by atoms with Gasteiger partial charge in [-0.3, -0.25) is 0 Å².